The van der Waals surface area contributed by atoms with E-state index in [1.807, 2.05) is 49.3 Å². The van der Waals surface area contributed by atoms with Crippen molar-refractivity contribution in [3.05, 3.63) is 47.1 Å². The van der Waals surface area contributed by atoms with Crippen molar-refractivity contribution in [3.63, 3.8) is 0 Å². The summed E-state index contributed by atoms with van der Waals surface area (Å²) in [6, 6.07) is 12.8. The zero-order valence-corrected chi connectivity index (χ0v) is 14.4. The predicted molar refractivity (Wildman–Crippen MR) is 93.9 cm³/mol. The van der Waals surface area contributed by atoms with Gasteiger partial charge in [-0.15, -0.1) is 0 Å². The Morgan fingerprint density at radius 3 is 2.16 bits per heavy atom. The van der Waals surface area contributed by atoms with E-state index in [-0.39, 0.29) is 24.2 Å². The van der Waals surface area contributed by atoms with Crippen molar-refractivity contribution >= 4 is 17.2 Å². The summed E-state index contributed by atoms with van der Waals surface area (Å²) in [5.41, 5.74) is 1.85. The highest BCUT2D eigenvalue weighted by molar-refractivity contribution is 5.85. The van der Waals surface area contributed by atoms with E-state index in [4.69, 9.17) is 4.74 Å². The van der Waals surface area contributed by atoms with Crippen molar-refractivity contribution in [2.45, 2.75) is 13.3 Å². The van der Waals surface area contributed by atoms with Gasteiger partial charge in [-0.25, -0.2) is 0 Å². The lowest BCUT2D eigenvalue weighted by atomic mass is 9.97. The van der Waals surface area contributed by atoms with Crippen LogP contribution in [0.5, 0.6) is 0 Å². The molecule has 0 aliphatic heterocycles. The lowest BCUT2D eigenvalue weighted by Gasteiger charge is -2.13. The molecular formula is C19H18N4O2. The molecule has 0 spiro atoms. The second kappa shape index (κ2) is 9.55. The van der Waals surface area contributed by atoms with Crippen molar-refractivity contribution < 1.29 is 9.53 Å². The Balaban J connectivity index is 3.36. The van der Waals surface area contributed by atoms with Gasteiger partial charge in [-0.3, -0.25) is 4.79 Å². The van der Waals surface area contributed by atoms with E-state index in [2.05, 4.69) is 0 Å². The molecule has 126 valence electrons. The number of esters is 1. The largest absolute Gasteiger partial charge is 0.466 e. The highest BCUT2D eigenvalue weighted by Crippen LogP contribution is 2.24. The van der Waals surface area contributed by atoms with Crippen molar-refractivity contribution in [1.82, 2.24) is 0 Å². The van der Waals surface area contributed by atoms with Crippen LogP contribution in [0.4, 0.5) is 5.69 Å². The zero-order valence-electron chi connectivity index (χ0n) is 14.4. The van der Waals surface area contributed by atoms with E-state index in [9.17, 15) is 20.6 Å². The molecule has 0 N–H and O–H groups in total. The monoisotopic (exact) mass is 334 g/mol. The number of rotatable bonds is 6. The summed E-state index contributed by atoms with van der Waals surface area (Å²) in [5.74, 6) is -0.534. The number of hydrogen-bond donors (Lipinski definition) is 0. The third kappa shape index (κ3) is 5.53. The van der Waals surface area contributed by atoms with E-state index in [1.165, 1.54) is 6.08 Å². The van der Waals surface area contributed by atoms with Gasteiger partial charge in [0.1, 0.15) is 17.7 Å². The summed E-state index contributed by atoms with van der Waals surface area (Å²) < 4.78 is 4.83. The number of anilines is 1. The van der Waals surface area contributed by atoms with Crippen molar-refractivity contribution in [2.75, 3.05) is 25.6 Å². The second-order valence-corrected chi connectivity index (χ2v) is 5.22. The van der Waals surface area contributed by atoms with Crippen molar-refractivity contribution in [3.8, 4) is 18.2 Å². The van der Waals surface area contributed by atoms with Crippen LogP contribution in [0.15, 0.2) is 41.5 Å². The highest BCUT2D eigenvalue weighted by Gasteiger charge is 2.12. The van der Waals surface area contributed by atoms with Crippen LogP contribution in [0, 0.1) is 34.0 Å². The maximum absolute atomic E-state index is 11.6. The predicted octanol–water partition coefficient (Wildman–Crippen LogP) is 2.96. The van der Waals surface area contributed by atoms with E-state index in [0.717, 1.165) is 5.69 Å². The molecule has 0 unspecified atom stereocenters. The zero-order chi connectivity index (χ0) is 18.8. The molecule has 25 heavy (non-hydrogen) atoms. The van der Waals surface area contributed by atoms with E-state index >= 15 is 0 Å². The third-order valence-electron chi connectivity index (χ3n) is 3.29. The first-order valence-electron chi connectivity index (χ1n) is 7.55. The number of benzene rings is 1. The minimum absolute atomic E-state index is 0.119. The van der Waals surface area contributed by atoms with Gasteiger partial charge < -0.3 is 9.64 Å². The Bertz CT molecular complexity index is 797. The second-order valence-electron chi connectivity index (χ2n) is 5.22. The van der Waals surface area contributed by atoms with Crippen molar-refractivity contribution in [1.29, 1.82) is 15.8 Å². The van der Waals surface area contributed by atoms with Gasteiger partial charge in [-0.2, -0.15) is 15.8 Å². The number of ether oxygens (including phenoxy) is 1. The lowest BCUT2D eigenvalue weighted by molar-refractivity contribution is -0.142. The van der Waals surface area contributed by atoms with Gasteiger partial charge in [0.25, 0.3) is 0 Å². The number of carbonyl (C=O) groups excluding carboxylic acids is 1. The maximum Gasteiger partial charge on any atom is 0.310 e. The topological polar surface area (TPSA) is 101 Å². The van der Waals surface area contributed by atoms with Crippen LogP contribution in [0.1, 0.15) is 18.9 Å². The Kier molecular flexibility index (Phi) is 7.44. The molecule has 0 amide bonds. The van der Waals surface area contributed by atoms with Gasteiger partial charge in [-0.1, -0.05) is 12.1 Å². The van der Waals surface area contributed by atoms with Crippen LogP contribution < -0.4 is 4.90 Å². The van der Waals surface area contributed by atoms with E-state index < -0.39 is 5.97 Å². The van der Waals surface area contributed by atoms with Gasteiger partial charge >= 0.3 is 5.97 Å². The molecule has 0 fully saturated rings. The number of allylic oxidation sites excluding steroid dienone is 3. The van der Waals surface area contributed by atoms with Gasteiger partial charge in [0.05, 0.1) is 19.1 Å². The Morgan fingerprint density at radius 2 is 1.72 bits per heavy atom. The lowest BCUT2D eigenvalue weighted by Crippen LogP contribution is -2.08. The number of hydrogen-bond acceptors (Lipinski definition) is 6. The molecule has 6 nitrogen and oxygen atoms in total. The molecule has 0 saturated heterocycles. The van der Waals surface area contributed by atoms with Crippen LogP contribution >= 0.6 is 0 Å². The van der Waals surface area contributed by atoms with Crippen LogP contribution in [-0.2, 0) is 9.53 Å². The van der Waals surface area contributed by atoms with Gasteiger partial charge in [0.2, 0.25) is 0 Å². The molecule has 0 aliphatic rings. The fraction of sp³-hybridized carbons (Fsp3) is 0.263. The van der Waals surface area contributed by atoms with Crippen LogP contribution in [-0.4, -0.2) is 26.7 Å². The average molecular weight is 334 g/mol. The van der Waals surface area contributed by atoms with Gasteiger partial charge in [0, 0.05) is 30.9 Å². The molecule has 1 aromatic carbocycles. The summed E-state index contributed by atoms with van der Waals surface area (Å²) in [6.45, 7) is 1.89. The SMILES string of the molecule is CCOC(=O)C/C(C#N)=C\C(=C(C#N)C#N)c1ccc(N(C)C)cc1. The first-order valence-corrected chi connectivity index (χ1v) is 7.55. The van der Waals surface area contributed by atoms with Crippen LogP contribution in [0.2, 0.25) is 0 Å². The summed E-state index contributed by atoms with van der Waals surface area (Å²) in [4.78, 5) is 13.5. The van der Waals surface area contributed by atoms with Crippen molar-refractivity contribution in [2.24, 2.45) is 0 Å². The molecule has 6 heteroatoms. The molecular weight excluding hydrogens is 316 g/mol. The summed E-state index contributed by atoms with van der Waals surface area (Å²) in [7, 11) is 3.80. The molecule has 0 heterocycles. The first-order chi connectivity index (χ1) is 12.0. The summed E-state index contributed by atoms with van der Waals surface area (Å²) >= 11 is 0. The Morgan fingerprint density at radius 1 is 1.12 bits per heavy atom. The molecule has 0 atom stereocenters. The third-order valence-corrected chi connectivity index (χ3v) is 3.29. The average Bonchev–Trinajstić information content (AvgIpc) is 2.61. The van der Waals surface area contributed by atoms with Gasteiger partial charge in [0.15, 0.2) is 0 Å². The molecule has 1 rings (SSSR count). The molecule has 0 saturated carbocycles. The summed E-state index contributed by atoms with van der Waals surface area (Å²) in [6.07, 6.45) is 1.18. The van der Waals surface area contributed by atoms with Gasteiger partial charge in [-0.05, 0) is 30.7 Å². The van der Waals surface area contributed by atoms with E-state index in [0.29, 0.717) is 11.1 Å². The standard InChI is InChI=1S/C19H18N4O2/c1-4-25-19(24)10-14(11-20)9-18(16(12-21)13-22)15-5-7-17(8-6-15)23(2)3/h5-9H,4,10H2,1-3H3/b14-9+. The fourth-order valence-corrected chi connectivity index (χ4v) is 2.05. The molecule has 0 bridgehead atoms. The minimum Gasteiger partial charge on any atom is -0.466 e. The minimum atomic E-state index is -0.534. The maximum atomic E-state index is 11.6. The quantitative estimate of drug-likeness (QED) is 0.450. The molecule has 1 aromatic rings. The molecule has 0 aromatic heterocycles. The Hall–Kier alpha value is -3.56. The number of nitriles is 3. The first kappa shape index (κ1) is 19.5. The summed E-state index contributed by atoms with van der Waals surface area (Å²) in [5, 5.41) is 27.7. The highest BCUT2D eigenvalue weighted by atomic mass is 16.5. The van der Waals surface area contributed by atoms with E-state index in [1.54, 1.807) is 19.1 Å². The molecule has 0 aliphatic carbocycles. The molecule has 0 radical (unpaired) electrons. The smallest absolute Gasteiger partial charge is 0.310 e. The van der Waals surface area contributed by atoms with Crippen LogP contribution in [0.25, 0.3) is 5.57 Å². The Labute approximate surface area is 147 Å². The number of carbonyl (C=O) groups is 1. The fourth-order valence-electron chi connectivity index (χ4n) is 2.05. The normalized spacial score (nSPS) is 10.0. The number of nitrogens with zero attached hydrogens (tertiary/aromatic N) is 4. The van der Waals surface area contributed by atoms with Crippen LogP contribution in [0.3, 0.4) is 0 Å².